The van der Waals surface area contributed by atoms with Crippen LogP contribution in [0, 0.1) is 5.92 Å². The van der Waals surface area contributed by atoms with E-state index in [1.54, 1.807) is 0 Å². The van der Waals surface area contributed by atoms with Crippen molar-refractivity contribution in [1.29, 1.82) is 0 Å². The van der Waals surface area contributed by atoms with Gasteiger partial charge in [0.2, 0.25) is 0 Å². The summed E-state index contributed by atoms with van der Waals surface area (Å²) in [6, 6.07) is 0. The zero-order chi connectivity index (χ0) is 13.7. The fourth-order valence-electron chi connectivity index (χ4n) is 2.27. The molecule has 18 heavy (non-hydrogen) atoms. The standard InChI is InChI=1S/C15H24O3/c1-10-4-6-13(12(3)9-16)8-15(18)11(2)5-7-14(10)17/h13-18H,1-9H2/t13-,14-,15-/m1/s1. The lowest BCUT2D eigenvalue weighted by atomic mass is 9.83. The van der Waals surface area contributed by atoms with Crippen molar-refractivity contribution in [3.8, 4) is 0 Å². The summed E-state index contributed by atoms with van der Waals surface area (Å²) >= 11 is 0. The molecule has 1 aliphatic rings. The number of aliphatic hydroxyl groups excluding tert-OH is 3. The van der Waals surface area contributed by atoms with E-state index >= 15 is 0 Å². The minimum Gasteiger partial charge on any atom is -0.392 e. The van der Waals surface area contributed by atoms with Crippen molar-refractivity contribution < 1.29 is 15.3 Å². The number of hydrogen-bond acceptors (Lipinski definition) is 3. The molecule has 0 unspecified atom stereocenters. The van der Waals surface area contributed by atoms with E-state index < -0.39 is 12.2 Å². The normalized spacial score (nSPS) is 31.2. The van der Waals surface area contributed by atoms with Gasteiger partial charge >= 0.3 is 0 Å². The minimum absolute atomic E-state index is 0.0452. The molecule has 0 aromatic carbocycles. The molecule has 3 atom stereocenters. The van der Waals surface area contributed by atoms with Crippen LogP contribution in [-0.2, 0) is 0 Å². The van der Waals surface area contributed by atoms with Gasteiger partial charge in [-0.15, -0.1) is 0 Å². The highest BCUT2D eigenvalue weighted by Crippen LogP contribution is 2.29. The van der Waals surface area contributed by atoms with Crippen molar-refractivity contribution in [2.24, 2.45) is 5.92 Å². The first-order valence-corrected chi connectivity index (χ1v) is 6.45. The largest absolute Gasteiger partial charge is 0.392 e. The van der Waals surface area contributed by atoms with Gasteiger partial charge < -0.3 is 15.3 Å². The Balaban J connectivity index is 2.78. The molecule has 0 aliphatic heterocycles. The van der Waals surface area contributed by atoms with Gasteiger partial charge in [-0.3, -0.25) is 0 Å². The first-order valence-electron chi connectivity index (χ1n) is 6.45. The maximum Gasteiger partial charge on any atom is 0.0753 e. The Morgan fingerprint density at radius 1 is 1.06 bits per heavy atom. The predicted molar refractivity (Wildman–Crippen MR) is 73.1 cm³/mol. The third-order valence-electron chi connectivity index (χ3n) is 3.78. The second kappa shape index (κ2) is 6.88. The molecule has 0 saturated heterocycles. The summed E-state index contributed by atoms with van der Waals surface area (Å²) < 4.78 is 0. The molecular weight excluding hydrogens is 228 g/mol. The van der Waals surface area contributed by atoms with Crippen molar-refractivity contribution >= 4 is 0 Å². The molecule has 0 bridgehead atoms. The lowest BCUT2D eigenvalue weighted by Crippen LogP contribution is -2.22. The highest BCUT2D eigenvalue weighted by molar-refractivity contribution is 5.12. The van der Waals surface area contributed by atoms with E-state index in [-0.39, 0.29) is 12.5 Å². The van der Waals surface area contributed by atoms with Crippen molar-refractivity contribution in [1.82, 2.24) is 0 Å². The van der Waals surface area contributed by atoms with Crippen LogP contribution in [0.4, 0.5) is 0 Å². The maximum absolute atomic E-state index is 10.0. The average molecular weight is 252 g/mol. The van der Waals surface area contributed by atoms with Gasteiger partial charge in [-0.25, -0.2) is 0 Å². The predicted octanol–water partition coefficient (Wildman–Crippen LogP) is 1.95. The fraction of sp³-hybridized carbons (Fsp3) is 0.600. The van der Waals surface area contributed by atoms with Crippen LogP contribution in [0.2, 0.25) is 0 Å². The Bertz CT molecular complexity index is 331. The summed E-state index contributed by atoms with van der Waals surface area (Å²) in [5.41, 5.74) is 2.28. The van der Waals surface area contributed by atoms with Gasteiger partial charge in [0.05, 0.1) is 18.8 Å². The lowest BCUT2D eigenvalue weighted by molar-refractivity contribution is 0.154. The Labute approximate surface area is 109 Å². The van der Waals surface area contributed by atoms with E-state index in [1.807, 2.05) is 0 Å². The van der Waals surface area contributed by atoms with Gasteiger partial charge in [0.15, 0.2) is 0 Å². The Hall–Kier alpha value is -0.900. The van der Waals surface area contributed by atoms with Crippen LogP contribution >= 0.6 is 0 Å². The first kappa shape index (κ1) is 15.2. The molecule has 0 amide bonds. The summed E-state index contributed by atoms with van der Waals surface area (Å²) in [6.07, 6.45) is 2.04. The second-order valence-electron chi connectivity index (χ2n) is 5.17. The van der Waals surface area contributed by atoms with Gasteiger partial charge in [-0.05, 0) is 54.7 Å². The van der Waals surface area contributed by atoms with E-state index in [4.69, 9.17) is 5.11 Å². The van der Waals surface area contributed by atoms with Gasteiger partial charge in [-0.1, -0.05) is 19.7 Å². The van der Waals surface area contributed by atoms with Crippen LogP contribution in [-0.4, -0.2) is 34.1 Å². The monoisotopic (exact) mass is 252 g/mol. The van der Waals surface area contributed by atoms with Gasteiger partial charge in [0.1, 0.15) is 0 Å². The lowest BCUT2D eigenvalue weighted by Gasteiger charge is -2.26. The molecule has 102 valence electrons. The molecule has 3 N–H and O–H groups in total. The van der Waals surface area contributed by atoms with Gasteiger partial charge in [0.25, 0.3) is 0 Å². The molecular formula is C15H24O3. The third-order valence-corrected chi connectivity index (χ3v) is 3.78. The highest BCUT2D eigenvalue weighted by atomic mass is 16.3. The maximum atomic E-state index is 10.0. The van der Waals surface area contributed by atoms with E-state index in [0.717, 1.165) is 23.1 Å². The summed E-state index contributed by atoms with van der Waals surface area (Å²) in [5, 5.41) is 29.1. The van der Waals surface area contributed by atoms with E-state index in [0.29, 0.717) is 25.7 Å². The second-order valence-corrected chi connectivity index (χ2v) is 5.17. The Morgan fingerprint density at radius 3 is 2.22 bits per heavy atom. The number of rotatable bonds is 2. The SMILES string of the molecule is C=C(CO)[C@@H]1CCC(=C)[C@H](O)CCC(=C)[C@H](O)C1. The number of aliphatic hydroxyl groups is 3. The first-order chi connectivity index (χ1) is 8.45. The van der Waals surface area contributed by atoms with Gasteiger partial charge in [0, 0.05) is 0 Å². The zero-order valence-electron chi connectivity index (χ0n) is 10.9. The highest BCUT2D eigenvalue weighted by Gasteiger charge is 2.22. The van der Waals surface area contributed by atoms with E-state index in [2.05, 4.69) is 19.7 Å². The fourth-order valence-corrected chi connectivity index (χ4v) is 2.27. The van der Waals surface area contributed by atoms with Crippen molar-refractivity contribution in [3.63, 3.8) is 0 Å². The molecule has 0 heterocycles. The molecule has 0 spiro atoms. The summed E-state index contributed by atoms with van der Waals surface area (Å²) in [4.78, 5) is 0. The smallest absolute Gasteiger partial charge is 0.0753 e. The quantitative estimate of drug-likeness (QED) is 0.658. The van der Waals surface area contributed by atoms with Crippen LogP contribution in [0.25, 0.3) is 0 Å². The summed E-state index contributed by atoms with van der Waals surface area (Å²) in [7, 11) is 0. The molecule has 1 saturated carbocycles. The topological polar surface area (TPSA) is 60.7 Å². The van der Waals surface area contributed by atoms with Crippen LogP contribution in [0.1, 0.15) is 32.1 Å². The molecule has 0 aromatic heterocycles. The molecule has 3 nitrogen and oxygen atoms in total. The Kier molecular flexibility index (Phi) is 5.79. The molecule has 3 heteroatoms. The van der Waals surface area contributed by atoms with Crippen LogP contribution < -0.4 is 0 Å². The van der Waals surface area contributed by atoms with Crippen molar-refractivity contribution in [2.45, 2.75) is 44.3 Å². The van der Waals surface area contributed by atoms with Crippen LogP contribution in [0.5, 0.6) is 0 Å². The number of hydrogen-bond donors (Lipinski definition) is 3. The molecule has 0 radical (unpaired) electrons. The molecule has 1 fully saturated rings. The minimum atomic E-state index is -0.586. The van der Waals surface area contributed by atoms with E-state index in [1.165, 1.54) is 0 Å². The molecule has 0 aromatic rings. The van der Waals surface area contributed by atoms with Crippen LogP contribution in [0.3, 0.4) is 0 Å². The Morgan fingerprint density at radius 2 is 1.61 bits per heavy atom. The zero-order valence-corrected chi connectivity index (χ0v) is 10.9. The summed E-state index contributed by atoms with van der Waals surface area (Å²) in [6.45, 7) is 11.5. The molecule has 1 rings (SSSR count). The van der Waals surface area contributed by atoms with Crippen LogP contribution in [0.15, 0.2) is 36.5 Å². The molecule has 1 aliphatic carbocycles. The summed E-state index contributed by atoms with van der Waals surface area (Å²) in [5.74, 6) is 0.0452. The van der Waals surface area contributed by atoms with Gasteiger partial charge in [-0.2, -0.15) is 0 Å². The van der Waals surface area contributed by atoms with E-state index in [9.17, 15) is 10.2 Å². The third kappa shape index (κ3) is 4.09. The van der Waals surface area contributed by atoms with Crippen molar-refractivity contribution in [2.75, 3.05) is 6.61 Å². The van der Waals surface area contributed by atoms with Crippen molar-refractivity contribution in [3.05, 3.63) is 36.5 Å². The average Bonchev–Trinajstić information content (AvgIpc) is 2.37.